The molecule has 2 amide bonds. The Kier molecular flexibility index (Phi) is 6.68. The largest absolute Gasteiger partial charge is 0.479 e. The van der Waals surface area contributed by atoms with Crippen molar-refractivity contribution in [3.63, 3.8) is 0 Å². The number of aryl methyl sites for hydroxylation is 1. The first-order valence-corrected chi connectivity index (χ1v) is 8.20. The SMILES string of the molecule is Cc1ccc(Cl)c(OC(C)C(=O)NCC(=O)Nc2ccc(F)c(F)c2F)c1. The van der Waals surface area contributed by atoms with Gasteiger partial charge in [0.2, 0.25) is 5.91 Å². The van der Waals surface area contributed by atoms with Crippen molar-refractivity contribution in [2.75, 3.05) is 11.9 Å². The molecule has 9 heteroatoms. The molecule has 2 aromatic carbocycles. The van der Waals surface area contributed by atoms with Crippen LogP contribution in [-0.4, -0.2) is 24.5 Å². The summed E-state index contributed by atoms with van der Waals surface area (Å²) in [6.07, 6.45) is -0.961. The van der Waals surface area contributed by atoms with E-state index in [-0.39, 0.29) is 0 Å². The molecule has 2 N–H and O–H groups in total. The van der Waals surface area contributed by atoms with Gasteiger partial charge < -0.3 is 15.4 Å². The van der Waals surface area contributed by atoms with Crippen LogP contribution in [0, 0.1) is 24.4 Å². The highest BCUT2D eigenvalue weighted by Crippen LogP contribution is 2.26. The number of halogens is 4. The van der Waals surface area contributed by atoms with E-state index in [0.717, 1.165) is 11.6 Å². The van der Waals surface area contributed by atoms with Crippen LogP contribution in [0.25, 0.3) is 0 Å². The predicted octanol–water partition coefficient (Wildman–Crippen LogP) is 3.59. The third-order valence-corrected chi connectivity index (χ3v) is 3.80. The number of carbonyl (C=O) groups is 2. The molecule has 1 unspecified atom stereocenters. The molecule has 0 saturated heterocycles. The number of carbonyl (C=O) groups excluding carboxylic acids is 2. The number of hydrogen-bond donors (Lipinski definition) is 2. The molecule has 144 valence electrons. The van der Waals surface area contributed by atoms with Gasteiger partial charge in [0.15, 0.2) is 23.6 Å². The van der Waals surface area contributed by atoms with Crippen molar-refractivity contribution in [3.8, 4) is 5.75 Å². The molecule has 0 bridgehead atoms. The number of nitrogens with one attached hydrogen (secondary N) is 2. The van der Waals surface area contributed by atoms with E-state index >= 15 is 0 Å². The molecule has 0 aromatic heterocycles. The van der Waals surface area contributed by atoms with Crippen LogP contribution in [0.15, 0.2) is 30.3 Å². The Morgan fingerprint density at radius 3 is 2.56 bits per heavy atom. The summed E-state index contributed by atoms with van der Waals surface area (Å²) >= 11 is 5.99. The second-order valence-electron chi connectivity index (χ2n) is 5.68. The predicted molar refractivity (Wildman–Crippen MR) is 94.2 cm³/mol. The first-order valence-electron chi connectivity index (χ1n) is 7.83. The Morgan fingerprint density at radius 1 is 1.15 bits per heavy atom. The van der Waals surface area contributed by atoms with Crippen LogP contribution in [0.4, 0.5) is 18.9 Å². The highest BCUT2D eigenvalue weighted by molar-refractivity contribution is 6.32. The van der Waals surface area contributed by atoms with Gasteiger partial charge in [0.25, 0.3) is 5.91 Å². The summed E-state index contributed by atoms with van der Waals surface area (Å²) in [5.41, 5.74) is 0.346. The molecule has 0 heterocycles. The average Bonchev–Trinajstić information content (AvgIpc) is 2.63. The molecule has 2 aromatic rings. The molecule has 0 aliphatic heterocycles. The lowest BCUT2D eigenvalue weighted by Crippen LogP contribution is -2.40. The van der Waals surface area contributed by atoms with E-state index in [1.165, 1.54) is 6.92 Å². The quantitative estimate of drug-likeness (QED) is 0.728. The van der Waals surface area contributed by atoms with Gasteiger partial charge in [0, 0.05) is 0 Å². The number of benzene rings is 2. The molecular weight excluding hydrogens is 385 g/mol. The number of anilines is 1. The normalized spacial score (nSPS) is 11.6. The fraction of sp³-hybridized carbons (Fsp3) is 0.222. The van der Waals surface area contributed by atoms with E-state index in [2.05, 4.69) is 5.32 Å². The van der Waals surface area contributed by atoms with E-state index in [1.807, 2.05) is 12.2 Å². The monoisotopic (exact) mass is 400 g/mol. The molecule has 5 nitrogen and oxygen atoms in total. The van der Waals surface area contributed by atoms with Gasteiger partial charge in [0.1, 0.15) is 5.75 Å². The maximum absolute atomic E-state index is 13.5. The summed E-state index contributed by atoms with van der Waals surface area (Å²) in [6, 6.07) is 6.61. The number of hydrogen-bond acceptors (Lipinski definition) is 3. The van der Waals surface area contributed by atoms with Crippen LogP contribution < -0.4 is 15.4 Å². The van der Waals surface area contributed by atoms with Gasteiger partial charge in [-0.2, -0.15) is 0 Å². The third kappa shape index (κ3) is 5.37. The van der Waals surface area contributed by atoms with Crippen LogP contribution in [0.3, 0.4) is 0 Å². The van der Waals surface area contributed by atoms with Crippen LogP contribution >= 0.6 is 11.6 Å². The first-order chi connectivity index (χ1) is 12.7. The summed E-state index contributed by atoms with van der Waals surface area (Å²) in [5, 5.41) is 4.66. The summed E-state index contributed by atoms with van der Waals surface area (Å²) in [7, 11) is 0. The molecule has 0 fully saturated rings. The zero-order valence-corrected chi connectivity index (χ0v) is 15.2. The van der Waals surface area contributed by atoms with Gasteiger partial charge in [-0.05, 0) is 43.7 Å². The second-order valence-corrected chi connectivity index (χ2v) is 6.09. The summed E-state index contributed by atoms with van der Waals surface area (Å²) in [6.45, 7) is 2.77. The Balaban J connectivity index is 1.90. The summed E-state index contributed by atoms with van der Waals surface area (Å²) < 4.78 is 45.0. The third-order valence-electron chi connectivity index (χ3n) is 3.49. The smallest absolute Gasteiger partial charge is 0.261 e. The molecule has 0 aliphatic rings. The summed E-state index contributed by atoms with van der Waals surface area (Å²) in [5.74, 6) is -5.73. The molecule has 27 heavy (non-hydrogen) atoms. The fourth-order valence-corrected chi connectivity index (χ4v) is 2.23. The lowest BCUT2D eigenvalue weighted by Gasteiger charge is -2.16. The van der Waals surface area contributed by atoms with Crippen LogP contribution in [0.1, 0.15) is 12.5 Å². The van der Waals surface area contributed by atoms with Crippen molar-refractivity contribution in [2.24, 2.45) is 0 Å². The Bertz CT molecular complexity index is 877. The van der Waals surface area contributed by atoms with E-state index < -0.39 is 47.6 Å². The topological polar surface area (TPSA) is 67.4 Å². The highest BCUT2D eigenvalue weighted by Gasteiger charge is 2.19. The van der Waals surface area contributed by atoms with Crippen molar-refractivity contribution in [1.29, 1.82) is 0 Å². The zero-order chi connectivity index (χ0) is 20.1. The van der Waals surface area contributed by atoms with Gasteiger partial charge in [0.05, 0.1) is 17.3 Å². The number of amides is 2. The Morgan fingerprint density at radius 2 is 1.85 bits per heavy atom. The molecular formula is C18H16ClF3N2O3. The van der Waals surface area contributed by atoms with Crippen LogP contribution in [-0.2, 0) is 9.59 Å². The number of ether oxygens (including phenoxy) is 1. The van der Waals surface area contributed by atoms with Crippen LogP contribution in [0.2, 0.25) is 5.02 Å². The Hall–Kier alpha value is -2.74. The summed E-state index contributed by atoms with van der Waals surface area (Å²) in [4.78, 5) is 23.8. The van der Waals surface area contributed by atoms with Gasteiger partial charge in [-0.15, -0.1) is 0 Å². The maximum atomic E-state index is 13.5. The van der Waals surface area contributed by atoms with Crippen molar-refractivity contribution in [2.45, 2.75) is 20.0 Å². The van der Waals surface area contributed by atoms with Gasteiger partial charge in [-0.25, -0.2) is 13.2 Å². The minimum absolute atomic E-state index is 0.313. The molecule has 0 saturated carbocycles. The minimum atomic E-state index is -1.70. The molecule has 1 atom stereocenters. The van der Waals surface area contributed by atoms with E-state index in [9.17, 15) is 22.8 Å². The van der Waals surface area contributed by atoms with Crippen molar-refractivity contribution < 1.29 is 27.5 Å². The molecule has 0 aliphatic carbocycles. The highest BCUT2D eigenvalue weighted by atomic mass is 35.5. The van der Waals surface area contributed by atoms with E-state index in [0.29, 0.717) is 16.8 Å². The fourth-order valence-electron chi connectivity index (χ4n) is 2.07. The van der Waals surface area contributed by atoms with Crippen molar-refractivity contribution in [3.05, 3.63) is 58.4 Å². The number of rotatable bonds is 6. The minimum Gasteiger partial charge on any atom is -0.479 e. The lowest BCUT2D eigenvalue weighted by atomic mass is 10.2. The zero-order valence-electron chi connectivity index (χ0n) is 14.4. The van der Waals surface area contributed by atoms with E-state index in [1.54, 1.807) is 18.2 Å². The van der Waals surface area contributed by atoms with Crippen molar-refractivity contribution >= 4 is 29.1 Å². The van der Waals surface area contributed by atoms with Gasteiger partial charge in [-0.1, -0.05) is 17.7 Å². The molecule has 0 spiro atoms. The van der Waals surface area contributed by atoms with E-state index in [4.69, 9.17) is 16.3 Å². The maximum Gasteiger partial charge on any atom is 0.261 e. The lowest BCUT2D eigenvalue weighted by molar-refractivity contribution is -0.129. The van der Waals surface area contributed by atoms with Crippen LogP contribution in [0.5, 0.6) is 5.75 Å². The second kappa shape index (κ2) is 8.77. The van der Waals surface area contributed by atoms with Gasteiger partial charge in [-0.3, -0.25) is 9.59 Å². The molecule has 0 radical (unpaired) electrons. The Labute approximate surface area is 158 Å². The standard InChI is InChI=1S/C18H16ClF3N2O3/c1-9-3-4-11(19)14(7-9)27-10(2)18(26)23-8-15(25)24-13-6-5-12(20)16(21)17(13)22/h3-7,10H,8H2,1-2H3,(H,23,26)(H,24,25). The molecule has 2 rings (SSSR count). The van der Waals surface area contributed by atoms with Crippen molar-refractivity contribution in [1.82, 2.24) is 5.32 Å². The average molecular weight is 401 g/mol. The first kappa shape index (κ1) is 20.6. The van der Waals surface area contributed by atoms with Gasteiger partial charge >= 0.3 is 0 Å².